The van der Waals surface area contributed by atoms with Gasteiger partial charge in [-0.1, -0.05) is 11.8 Å². The molecule has 0 N–H and O–H groups in total. The Hall–Kier alpha value is -1.96. The van der Waals surface area contributed by atoms with Gasteiger partial charge in [-0.15, -0.1) is 5.10 Å². The molecule has 7 nitrogen and oxygen atoms in total. The maximum absolute atomic E-state index is 12.0. The number of imide groups is 1. The van der Waals surface area contributed by atoms with Crippen molar-refractivity contribution in [2.75, 3.05) is 12.3 Å². The average molecular weight is 305 g/mol. The molecule has 2 aromatic rings. The van der Waals surface area contributed by atoms with Crippen LogP contribution >= 0.6 is 11.8 Å². The number of aryl methyl sites for hydroxylation is 2. The highest BCUT2D eigenvalue weighted by molar-refractivity contribution is 7.99. The minimum atomic E-state index is -0.179. The SMILES string of the molecule is Cc1cc(C)n2nc(SCC(=O)N3CCCC3=O)nc2n1. The van der Waals surface area contributed by atoms with Crippen molar-refractivity contribution in [1.82, 2.24) is 24.5 Å². The van der Waals surface area contributed by atoms with Gasteiger partial charge in [0.15, 0.2) is 0 Å². The summed E-state index contributed by atoms with van der Waals surface area (Å²) in [4.78, 5) is 33.4. The van der Waals surface area contributed by atoms with Gasteiger partial charge in [-0.2, -0.15) is 4.98 Å². The van der Waals surface area contributed by atoms with E-state index >= 15 is 0 Å². The summed E-state index contributed by atoms with van der Waals surface area (Å²) in [5.74, 6) is 0.430. The average Bonchev–Trinajstić information content (AvgIpc) is 3.02. The molecule has 0 spiro atoms. The summed E-state index contributed by atoms with van der Waals surface area (Å²) in [6, 6.07) is 1.92. The Morgan fingerprint density at radius 2 is 2.19 bits per heavy atom. The number of amides is 2. The third-order valence-corrected chi connectivity index (χ3v) is 4.12. The molecule has 21 heavy (non-hydrogen) atoms. The van der Waals surface area contributed by atoms with E-state index in [4.69, 9.17) is 0 Å². The molecule has 0 saturated carbocycles. The van der Waals surface area contributed by atoms with Crippen LogP contribution in [0.15, 0.2) is 11.2 Å². The standard InChI is InChI=1S/C13H15N5O2S/c1-8-6-9(2)18-12(14-8)15-13(16-18)21-7-11(20)17-5-3-4-10(17)19/h6H,3-5,7H2,1-2H3. The highest BCUT2D eigenvalue weighted by Gasteiger charge is 2.26. The van der Waals surface area contributed by atoms with Gasteiger partial charge in [0.1, 0.15) is 0 Å². The lowest BCUT2D eigenvalue weighted by Crippen LogP contribution is -2.33. The highest BCUT2D eigenvalue weighted by atomic mass is 32.2. The monoisotopic (exact) mass is 305 g/mol. The second kappa shape index (κ2) is 5.44. The fraction of sp³-hybridized carbons (Fsp3) is 0.462. The number of hydrogen-bond acceptors (Lipinski definition) is 6. The topological polar surface area (TPSA) is 80.5 Å². The molecule has 0 aliphatic carbocycles. The van der Waals surface area contributed by atoms with E-state index in [-0.39, 0.29) is 17.6 Å². The molecule has 1 saturated heterocycles. The van der Waals surface area contributed by atoms with E-state index in [1.807, 2.05) is 19.9 Å². The Bertz CT molecular complexity index is 727. The number of hydrogen-bond donors (Lipinski definition) is 0. The number of thioether (sulfide) groups is 1. The molecule has 8 heteroatoms. The van der Waals surface area contributed by atoms with E-state index in [1.54, 1.807) is 4.52 Å². The van der Waals surface area contributed by atoms with Crippen molar-refractivity contribution in [3.05, 3.63) is 17.5 Å². The largest absolute Gasteiger partial charge is 0.282 e. The Balaban J connectivity index is 1.72. The van der Waals surface area contributed by atoms with Gasteiger partial charge in [-0.25, -0.2) is 9.50 Å². The van der Waals surface area contributed by atoms with Crippen LogP contribution in [0.25, 0.3) is 5.78 Å². The molecule has 0 atom stereocenters. The summed E-state index contributed by atoms with van der Waals surface area (Å²) in [7, 11) is 0. The van der Waals surface area contributed by atoms with Gasteiger partial charge < -0.3 is 0 Å². The lowest BCUT2D eigenvalue weighted by Gasteiger charge is -2.11. The van der Waals surface area contributed by atoms with E-state index in [9.17, 15) is 9.59 Å². The maximum atomic E-state index is 12.0. The van der Waals surface area contributed by atoms with Crippen LogP contribution < -0.4 is 0 Å². The first-order valence-corrected chi connectivity index (χ1v) is 7.70. The van der Waals surface area contributed by atoms with E-state index < -0.39 is 0 Å². The Morgan fingerprint density at radius 1 is 1.38 bits per heavy atom. The zero-order chi connectivity index (χ0) is 15.0. The lowest BCUT2D eigenvalue weighted by molar-refractivity contribution is -0.140. The van der Waals surface area contributed by atoms with Crippen LogP contribution in [-0.4, -0.2) is 48.6 Å². The maximum Gasteiger partial charge on any atom is 0.253 e. The number of aromatic nitrogens is 4. The first-order valence-electron chi connectivity index (χ1n) is 6.71. The molecule has 110 valence electrons. The van der Waals surface area contributed by atoms with Gasteiger partial charge in [-0.05, 0) is 26.3 Å². The normalized spacial score (nSPS) is 15.1. The molecule has 1 fully saturated rings. The van der Waals surface area contributed by atoms with Crippen LogP contribution in [0.2, 0.25) is 0 Å². The Kier molecular flexibility index (Phi) is 3.62. The van der Waals surface area contributed by atoms with Gasteiger partial charge in [0, 0.05) is 24.4 Å². The zero-order valence-corrected chi connectivity index (χ0v) is 12.7. The van der Waals surface area contributed by atoms with Gasteiger partial charge in [-0.3, -0.25) is 14.5 Å². The summed E-state index contributed by atoms with van der Waals surface area (Å²) < 4.78 is 1.65. The predicted molar refractivity (Wildman–Crippen MR) is 76.9 cm³/mol. The third-order valence-electron chi connectivity index (χ3n) is 3.30. The highest BCUT2D eigenvalue weighted by Crippen LogP contribution is 2.18. The molecule has 0 aromatic carbocycles. The Morgan fingerprint density at radius 3 is 2.90 bits per heavy atom. The molecule has 3 rings (SSSR count). The number of carbonyl (C=O) groups excluding carboxylic acids is 2. The number of carbonyl (C=O) groups is 2. The van der Waals surface area contributed by atoms with Crippen LogP contribution in [0.4, 0.5) is 0 Å². The molecule has 0 unspecified atom stereocenters. The van der Waals surface area contributed by atoms with Crippen LogP contribution in [0, 0.1) is 13.8 Å². The molecule has 2 amide bonds. The number of rotatable bonds is 3. The second-order valence-electron chi connectivity index (χ2n) is 4.98. The summed E-state index contributed by atoms with van der Waals surface area (Å²) in [6.45, 7) is 4.35. The molecule has 2 aromatic heterocycles. The van der Waals surface area contributed by atoms with E-state index in [0.717, 1.165) is 17.8 Å². The molecule has 1 aliphatic heterocycles. The summed E-state index contributed by atoms with van der Waals surface area (Å²) >= 11 is 1.23. The van der Waals surface area contributed by atoms with Crippen molar-refractivity contribution in [3.8, 4) is 0 Å². The van der Waals surface area contributed by atoms with Crippen LogP contribution in [0.5, 0.6) is 0 Å². The molecular formula is C13H15N5O2S. The van der Waals surface area contributed by atoms with Crippen molar-refractivity contribution < 1.29 is 9.59 Å². The van der Waals surface area contributed by atoms with Crippen LogP contribution in [0.1, 0.15) is 24.2 Å². The minimum absolute atomic E-state index is 0.0864. The molecule has 0 radical (unpaired) electrons. The lowest BCUT2D eigenvalue weighted by atomic mass is 10.4. The minimum Gasteiger partial charge on any atom is -0.282 e. The van der Waals surface area contributed by atoms with Crippen molar-refractivity contribution >= 4 is 29.4 Å². The molecule has 1 aliphatic rings. The Labute approximate surface area is 125 Å². The van der Waals surface area contributed by atoms with Crippen LogP contribution in [-0.2, 0) is 9.59 Å². The van der Waals surface area contributed by atoms with Crippen LogP contribution in [0.3, 0.4) is 0 Å². The predicted octanol–water partition coefficient (Wildman–Crippen LogP) is 0.982. The van der Waals surface area contributed by atoms with E-state index in [0.29, 0.717) is 23.9 Å². The summed E-state index contributed by atoms with van der Waals surface area (Å²) in [5.41, 5.74) is 1.82. The smallest absolute Gasteiger partial charge is 0.253 e. The fourth-order valence-corrected chi connectivity index (χ4v) is 3.02. The van der Waals surface area contributed by atoms with Gasteiger partial charge in [0.25, 0.3) is 5.78 Å². The molecular weight excluding hydrogens is 290 g/mol. The van der Waals surface area contributed by atoms with E-state index in [1.165, 1.54) is 16.7 Å². The first-order chi connectivity index (χ1) is 10.0. The number of fused-ring (bicyclic) bond motifs is 1. The van der Waals surface area contributed by atoms with Gasteiger partial charge >= 0.3 is 0 Å². The van der Waals surface area contributed by atoms with Gasteiger partial charge in [0.2, 0.25) is 17.0 Å². The van der Waals surface area contributed by atoms with Crippen molar-refractivity contribution in [2.45, 2.75) is 31.8 Å². The first kappa shape index (κ1) is 14.0. The summed E-state index contributed by atoms with van der Waals surface area (Å²) in [5, 5.41) is 4.82. The van der Waals surface area contributed by atoms with Gasteiger partial charge in [0.05, 0.1) is 5.75 Å². The van der Waals surface area contributed by atoms with Crippen molar-refractivity contribution in [1.29, 1.82) is 0 Å². The zero-order valence-electron chi connectivity index (χ0n) is 11.9. The third kappa shape index (κ3) is 2.76. The molecule has 0 bridgehead atoms. The second-order valence-corrected chi connectivity index (χ2v) is 5.92. The molecule has 3 heterocycles. The summed E-state index contributed by atoms with van der Waals surface area (Å²) in [6.07, 6.45) is 1.22. The van der Waals surface area contributed by atoms with Crippen molar-refractivity contribution in [2.24, 2.45) is 0 Å². The van der Waals surface area contributed by atoms with E-state index in [2.05, 4.69) is 15.1 Å². The number of likely N-dealkylation sites (tertiary alicyclic amines) is 1. The van der Waals surface area contributed by atoms with Crippen molar-refractivity contribution in [3.63, 3.8) is 0 Å². The quantitative estimate of drug-likeness (QED) is 0.786. The fourth-order valence-electron chi connectivity index (χ4n) is 2.33. The number of nitrogens with zero attached hydrogens (tertiary/aromatic N) is 5.